The summed E-state index contributed by atoms with van der Waals surface area (Å²) in [5, 5.41) is 34.8. The molecule has 6 aromatic rings. The smallest absolute Gasteiger partial charge is 0.275 e. The number of carbonyl (C=O) groups excluding carboxylic acids is 1. The van der Waals surface area contributed by atoms with Gasteiger partial charge in [0.15, 0.2) is 6.29 Å². The molecule has 0 radical (unpaired) electrons. The van der Waals surface area contributed by atoms with Crippen molar-refractivity contribution in [1.82, 2.24) is 30.2 Å². The second kappa shape index (κ2) is 13.6. The summed E-state index contributed by atoms with van der Waals surface area (Å²) >= 11 is 1.46. The highest BCUT2D eigenvalue weighted by molar-refractivity contribution is 7.99. The molecular weight excluding hydrogens is 618 g/mol. The van der Waals surface area contributed by atoms with E-state index >= 15 is 0 Å². The number of phenolic OH excluding ortho intramolecular Hbond substituents is 1. The number of ether oxygens (including phenoxy) is 2. The fourth-order valence-electron chi connectivity index (χ4n) is 5.20. The van der Waals surface area contributed by atoms with Gasteiger partial charge >= 0.3 is 0 Å². The van der Waals surface area contributed by atoms with E-state index in [0.29, 0.717) is 28.5 Å². The van der Waals surface area contributed by atoms with Gasteiger partial charge in [0.25, 0.3) is 5.91 Å². The van der Waals surface area contributed by atoms with Gasteiger partial charge in [-0.2, -0.15) is 4.68 Å². The lowest BCUT2D eigenvalue weighted by molar-refractivity contribution is -0.245. The fourth-order valence-corrected chi connectivity index (χ4v) is 6.11. The molecule has 3 N–H and O–H groups in total. The molecule has 1 aliphatic rings. The number of hydrogen-bond acceptors (Lipinski definition) is 11. The molecule has 2 aromatic heterocycles. The van der Waals surface area contributed by atoms with E-state index in [1.54, 1.807) is 41.1 Å². The van der Waals surface area contributed by atoms with Crippen LogP contribution in [0.25, 0.3) is 16.7 Å². The summed E-state index contributed by atoms with van der Waals surface area (Å²) in [5.74, 6) is 0.342. The van der Waals surface area contributed by atoms with Crippen LogP contribution in [0.4, 0.5) is 5.69 Å². The second-order valence-corrected chi connectivity index (χ2v) is 11.9. The molecule has 4 aromatic carbocycles. The van der Waals surface area contributed by atoms with Crippen LogP contribution in [0.2, 0.25) is 0 Å². The van der Waals surface area contributed by atoms with E-state index in [-0.39, 0.29) is 36.2 Å². The van der Waals surface area contributed by atoms with E-state index in [1.165, 1.54) is 18.0 Å². The van der Waals surface area contributed by atoms with Gasteiger partial charge in [-0.05, 0) is 70.1 Å². The topological polar surface area (TPSA) is 157 Å². The molecule has 3 unspecified atom stereocenters. The minimum atomic E-state index is -0.680. The Hall–Kier alpha value is -5.21. The Morgan fingerprint density at radius 3 is 2.43 bits per heavy atom. The first-order chi connectivity index (χ1) is 23.0. The molecule has 1 fully saturated rings. The van der Waals surface area contributed by atoms with Crippen LogP contribution < -0.4 is 5.32 Å². The molecule has 13 heteroatoms. The summed E-state index contributed by atoms with van der Waals surface area (Å²) in [6.07, 6.45) is 0.873. The number of fused-ring (bicyclic) bond motifs is 1. The van der Waals surface area contributed by atoms with Gasteiger partial charge in [0.2, 0.25) is 5.16 Å². The van der Waals surface area contributed by atoms with Crippen LogP contribution in [0.15, 0.2) is 108 Å². The van der Waals surface area contributed by atoms with Gasteiger partial charge in [-0.1, -0.05) is 60.3 Å². The van der Waals surface area contributed by atoms with E-state index < -0.39 is 6.29 Å². The van der Waals surface area contributed by atoms with Crippen LogP contribution in [-0.2, 0) is 16.1 Å². The number of anilines is 1. The number of tetrazole rings is 1. The van der Waals surface area contributed by atoms with Crippen LogP contribution in [-0.4, -0.2) is 58.2 Å². The van der Waals surface area contributed by atoms with Crippen LogP contribution in [0.3, 0.4) is 0 Å². The Balaban J connectivity index is 1.07. The number of nitrogens with zero attached hydrogens (tertiary/aromatic N) is 6. The molecule has 1 saturated heterocycles. The molecule has 0 aliphatic carbocycles. The van der Waals surface area contributed by atoms with Crippen LogP contribution in [0, 0.1) is 0 Å². The van der Waals surface area contributed by atoms with Crippen LogP contribution in [0.5, 0.6) is 5.75 Å². The molecule has 0 bridgehead atoms. The Labute approximate surface area is 273 Å². The summed E-state index contributed by atoms with van der Waals surface area (Å²) in [6, 6.07) is 29.0. The highest BCUT2D eigenvalue weighted by atomic mass is 32.2. The van der Waals surface area contributed by atoms with Crippen LogP contribution >= 0.6 is 11.8 Å². The lowest BCUT2D eigenvalue weighted by atomic mass is 10.0. The number of nitrogens with one attached hydrogen (secondary N) is 1. The maximum atomic E-state index is 12.9. The molecule has 0 spiro atoms. The monoisotopic (exact) mass is 647 g/mol. The van der Waals surface area contributed by atoms with Crippen molar-refractivity contribution >= 4 is 34.4 Å². The fraction of sp³-hybridized carbons (Fsp3) is 0.176. The maximum Gasteiger partial charge on any atom is 0.275 e. The van der Waals surface area contributed by atoms with Crippen molar-refractivity contribution in [1.29, 1.82) is 0 Å². The van der Waals surface area contributed by atoms with Crippen LogP contribution in [0.1, 0.15) is 46.0 Å². The van der Waals surface area contributed by atoms with Crippen molar-refractivity contribution in [3.05, 3.63) is 126 Å². The first kappa shape index (κ1) is 30.4. The van der Waals surface area contributed by atoms with Crippen molar-refractivity contribution in [2.75, 3.05) is 11.1 Å². The Morgan fingerprint density at radius 1 is 0.915 bits per heavy atom. The van der Waals surface area contributed by atoms with Gasteiger partial charge in [-0.25, -0.2) is 4.98 Å². The van der Waals surface area contributed by atoms with Gasteiger partial charge in [-0.15, -0.1) is 5.10 Å². The zero-order chi connectivity index (χ0) is 32.2. The molecular formula is C34H29N7O5S. The van der Waals surface area contributed by atoms with E-state index in [1.807, 2.05) is 60.7 Å². The largest absolute Gasteiger partial charge is 0.508 e. The van der Waals surface area contributed by atoms with Crippen molar-refractivity contribution in [3.8, 4) is 11.4 Å². The summed E-state index contributed by atoms with van der Waals surface area (Å²) in [6.45, 7) is -0.0388. The molecule has 1 aliphatic heterocycles. The zero-order valence-corrected chi connectivity index (χ0v) is 25.7. The molecule has 236 valence electrons. The third kappa shape index (κ3) is 6.98. The second-order valence-electron chi connectivity index (χ2n) is 10.9. The Kier molecular flexibility index (Phi) is 8.84. The number of phenols is 1. The normalized spacial score (nSPS) is 17.9. The molecule has 47 heavy (non-hydrogen) atoms. The SMILES string of the molecule is O=C(Nc1ccc(C2OC(CSc3nnnn3-c3ccc(O)cc3)CC(c3ccc(CO)cc3)O2)cc1)c1cnc2ccccc2n1. The predicted octanol–water partition coefficient (Wildman–Crippen LogP) is 5.39. The Bertz CT molecular complexity index is 1990. The third-order valence-corrected chi connectivity index (χ3v) is 8.72. The summed E-state index contributed by atoms with van der Waals surface area (Å²) in [7, 11) is 0. The molecule has 12 nitrogen and oxygen atoms in total. The molecule has 1 amide bonds. The molecule has 3 heterocycles. The summed E-state index contributed by atoms with van der Waals surface area (Å²) in [5.41, 5.74) is 5.48. The van der Waals surface area contributed by atoms with E-state index in [4.69, 9.17) is 9.47 Å². The van der Waals surface area contributed by atoms with Gasteiger partial charge in [0, 0.05) is 23.4 Å². The quantitative estimate of drug-likeness (QED) is 0.173. The number of hydrogen-bond donors (Lipinski definition) is 3. The zero-order valence-electron chi connectivity index (χ0n) is 24.9. The molecule has 7 rings (SSSR count). The average Bonchev–Trinajstić information content (AvgIpc) is 3.60. The number of aliphatic hydroxyl groups is 1. The first-order valence-electron chi connectivity index (χ1n) is 14.9. The minimum absolute atomic E-state index is 0.0388. The Morgan fingerprint density at radius 2 is 1.66 bits per heavy atom. The van der Waals surface area contributed by atoms with Crippen molar-refractivity contribution in [3.63, 3.8) is 0 Å². The third-order valence-electron chi connectivity index (χ3n) is 7.67. The number of aromatic nitrogens is 6. The predicted molar refractivity (Wildman–Crippen MR) is 174 cm³/mol. The van der Waals surface area contributed by atoms with E-state index in [9.17, 15) is 15.0 Å². The molecule has 0 saturated carbocycles. The number of benzene rings is 4. The van der Waals surface area contributed by atoms with Crippen molar-refractivity contribution in [2.24, 2.45) is 0 Å². The van der Waals surface area contributed by atoms with Gasteiger partial charge in [0.1, 0.15) is 11.4 Å². The average molecular weight is 648 g/mol. The lowest BCUT2D eigenvalue weighted by Crippen LogP contribution is -2.31. The number of aromatic hydroxyl groups is 1. The van der Waals surface area contributed by atoms with Crippen molar-refractivity contribution in [2.45, 2.75) is 36.7 Å². The highest BCUT2D eigenvalue weighted by Gasteiger charge is 2.32. The van der Waals surface area contributed by atoms with Gasteiger partial charge in [0.05, 0.1) is 41.7 Å². The first-order valence-corrected chi connectivity index (χ1v) is 15.9. The highest BCUT2D eigenvalue weighted by Crippen LogP contribution is 2.39. The number of aliphatic hydroxyl groups excluding tert-OH is 1. The van der Waals surface area contributed by atoms with E-state index in [2.05, 4.69) is 30.8 Å². The summed E-state index contributed by atoms with van der Waals surface area (Å²) in [4.78, 5) is 21.7. The lowest BCUT2D eigenvalue weighted by Gasteiger charge is -2.36. The number of thioether (sulfide) groups is 1. The maximum absolute atomic E-state index is 12.9. The molecule has 3 atom stereocenters. The van der Waals surface area contributed by atoms with E-state index in [0.717, 1.165) is 27.9 Å². The standard InChI is InChI=1S/C34H29N7O5S/c42-19-21-5-7-22(8-6-21)31-17-27(20-47-34-38-39-40-41(34)25-13-15-26(43)16-14-25)45-33(46-31)23-9-11-24(12-10-23)36-32(44)30-18-35-28-3-1-2-4-29(28)37-30/h1-16,18,27,31,33,42-43H,17,19-20H2,(H,36,44). The number of amides is 1. The minimum Gasteiger partial charge on any atom is -0.508 e. The van der Waals surface area contributed by atoms with Crippen molar-refractivity contribution < 1.29 is 24.5 Å². The van der Waals surface area contributed by atoms with Gasteiger partial charge in [-0.3, -0.25) is 9.78 Å². The van der Waals surface area contributed by atoms with Gasteiger partial charge < -0.3 is 25.0 Å². The number of para-hydroxylation sites is 2. The number of carbonyl (C=O) groups is 1. The summed E-state index contributed by atoms with van der Waals surface area (Å²) < 4.78 is 14.5. The number of rotatable bonds is 9.